The standard InChI is InChI=1S/C13H20FNO/c1-3-4-10(2)9-16-13-6-5-11(8-15)7-12(13)14/h5-7,10H,3-4,8-9,15H2,1-2H3. The predicted molar refractivity (Wildman–Crippen MR) is 63.9 cm³/mol. The molecule has 1 aromatic carbocycles. The lowest BCUT2D eigenvalue weighted by molar-refractivity contribution is 0.241. The highest BCUT2D eigenvalue weighted by Gasteiger charge is 2.06. The van der Waals surface area contributed by atoms with E-state index in [4.69, 9.17) is 10.5 Å². The molecule has 16 heavy (non-hydrogen) atoms. The number of hydrogen-bond donors (Lipinski definition) is 1. The van der Waals surface area contributed by atoms with Crippen LogP contribution >= 0.6 is 0 Å². The fourth-order valence-electron chi connectivity index (χ4n) is 1.60. The van der Waals surface area contributed by atoms with Gasteiger partial charge in [0.15, 0.2) is 11.6 Å². The molecule has 0 saturated heterocycles. The summed E-state index contributed by atoms with van der Waals surface area (Å²) >= 11 is 0. The fourth-order valence-corrected chi connectivity index (χ4v) is 1.60. The van der Waals surface area contributed by atoms with Crippen LogP contribution in [0.3, 0.4) is 0 Å². The Bertz CT molecular complexity index is 328. The molecule has 0 aliphatic rings. The quantitative estimate of drug-likeness (QED) is 0.807. The first-order valence-electron chi connectivity index (χ1n) is 5.78. The maximum atomic E-state index is 13.5. The number of ether oxygens (including phenoxy) is 1. The van der Waals surface area contributed by atoms with Gasteiger partial charge in [-0.15, -0.1) is 0 Å². The molecule has 2 N–H and O–H groups in total. The zero-order valence-electron chi connectivity index (χ0n) is 10.0. The minimum atomic E-state index is -0.327. The second-order valence-corrected chi connectivity index (χ2v) is 4.17. The molecule has 0 amide bonds. The van der Waals surface area contributed by atoms with E-state index in [0.29, 0.717) is 24.8 Å². The molecule has 0 radical (unpaired) electrons. The summed E-state index contributed by atoms with van der Waals surface area (Å²) in [6, 6.07) is 4.87. The highest BCUT2D eigenvalue weighted by atomic mass is 19.1. The third-order valence-corrected chi connectivity index (χ3v) is 2.54. The van der Waals surface area contributed by atoms with E-state index in [0.717, 1.165) is 18.4 Å². The molecule has 0 heterocycles. The molecule has 1 atom stereocenters. The average molecular weight is 225 g/mol. The highest BCUT2D eigenvalue weighted by molar-refractivity contribution is 5.29. The van der Waals surface area contributed by atoms with Crippen molar-refractivity contribution in [3.8, 4) is 5.75 Å². The largest absolute Gasteiger partial charge is 0.490 e. The zero-order chi connectivity index (χ0) is 12.0. The first-order valence-corrected chi connectivity index (χ1v) is 5.78. The molecule has 0 aliphatic heterocycles. The Hall–Kier alpha value is -1.09. The van der Waals surface area contributed by atoms with Gasteiger partial charge in [0, 0.05) is 6.54 Å². The van der Waals surface area contributed by atoms with Gasteiger partial charge in [-0.05, 0) is 30.0 Å². The van der Waals surface area contributed by atoms with Gasteiger partial charge in [-0.3, -0.25) is 0 Å². The van der Waals surface area contributed by atoms with Gasteiger partial charge in [0.05, 0.1) is 6.61 Å². The van der Waals surface area contributed by atoms with Crippen molar-refractivity contribution < 1.29 is 9.13 Å². The van der Waals surface area contributed by atoms with E-state index < -0.39 is 0 Å². The molecule has 0 spiro atoms. The number of nitrogens with two attached hydrogens (primary N) is 1. The summed E-state index contributed by atoms with van der Waals surface area (Å²) in [4.78, 5) is 0. The summed E-state index contributed by atoms with van der Waals surface area (Å²) in [5, 5.41) is 0. The Balaban J connectivity index is 2.54. The Kier molecular flexibility index (Phi) is 5.26. The molecule has 1 rings (SSSR count). The van der Waals surface area contributed by atoms with Crippen LogP contribution in [0, 0.1) is 11.7 Å². The smallest absolute Gasteiger partial charge is 0.165 e. The first-order chi connectivity index (χ1) is 7.67. The maximum Gasteiger partial charge on any atom is 0.165 e. The third kappa shape index (κ3) is 3.81. The molecular formula is C13H20FNO. The molecule has 2 nitrogen and oxygen atoms in total. The molecule has 1 unspecified atom stereocenters. The summed E-state index contributed by atoms with van der Waals surface area (Å²) in [6.07, 6.45) is 2.22. The van der Waals surface area contributed by atoms with Crippen molar-refractivity contribution >= 4 is 0 Å². The van der Waals surface area contributed by atoms with E-state index in [9.17, 15) is 4.39 Å². The SMILES string of the molecule is CCCC(C)COc1ccc(CN)cc1F. The van der Waals surface area contributed by atoms with Crippen molar-refractivity contribution in [3.05, 3.63) is 29.6 Å². The molecule has 3 heteroatoms. The van der Waals surface area contributed by atoms with Gasteiger partial charge in [0.1, 0.15) is 0 Å². The van der Waals surface area contributed by atoms with Gasteiger partial charge in [-0.25, -0.2) is 4.39 Å². The van der Waals surface area contributed by atoms with E-state index in [-0.39, 0.29) is 5.82 Å². The van der Waals surface area contributed by atoms with Crippen molar-refractivity contribution in [2.45, 2.75) is 33.2 Å². The van der Waals surface area contributed by atoms with Gasteiger partial charge < -0.3 is 10.5 Å². The van der Waals surface area contributed by atoms with E-state index >= 15 is 0 Å². The van der Waals surface area contributed by atoms with E-state index in [1.54, 1.807) is 12.1 Å². The Morgan fingerprint density at radius 3 is 2.75 bits per heavy atom. The zero-order valence-corrected chi connectivity index (χ0v) is 10.0. The summed E-state index contributed by atoms with van der Waals surface area (Å²) in [6.45, 7) is 5.15. The van der Waals surface area contributed by atoms with Crippen molar-refractivity contribution in [1.82, 2.24) is 0 Å². The maximum absolute atomic E-state index is 13.5. The van der Waals surface area contributed by atoms with Gasteiger partial charge in [0.2, 0.25) is 0 Å². The molecule has 0 saturated carbocycles. The molecule has 1 aromatic rings. The van der Waals surface area contributed by atoms with Crippen molar-refractivity contribution in [3.63, 3.8) is 0 Å². The Labute approximate surface area is 96.6 Å². The molecule has 90 valence electrons. The van der Waals surface area contributed by atoms with Crippen molar-refractivity contribution in [1.29, 1.82) is 0 Å². The second-order valence-electron chi connectivity index (χ2n) is 4.17. The van der Waals surface area contributed by atoms with Gasteiger partial charge in [-0.1, -0.05) is 26.3 Å². The number of hydrogen-bond acceptors (Lipinski definition) is 2. The molecule has 0 bridgehead atoms. The van der Waals surface area contributed by atoms with Crippen LogP contribution in [0.1, 0.15) is 32.3 Å². The lowest BCUT2D eigenvalue weighted by Crippen LogP contribution is -2.09. The van der Waals surface area contributed by atoms with Crippen LogP contribution < -0.4 is 10.5 Å². The van der Waals surface area contributed by atoms with Crippen LogP contribution in [0.25, 0.3) is 0 Å². The van der Waals surface area contributed by atoms with Gasteiger partial charge in [-0.2, -0.15) is 0 Å². The predicted octanol–water partition coefficient (Wildman–Crippen LogP) is 3.10. The number of rotatable bonds is 6. The van der Waals surface area contributed by atoms with E-state index in [1.807, 2.05) is 0 Å². The Morgan fingerprint density at radius 2 is 2.19 bits per heavy atom. The molecule has 0 aromatic heterocycles. The van der Waals surface area contributed by atoms with E-state index in [2.05, 4.69) is 13.8 Å². The lowest BCUT2D eigenvalue weighted by Gasteiger charge is -2.12. The van der Waals surface area contributed by atoms with Crippen LogP contribution in [-0.2, 0) is 6.54 Å². The van der Waals surface area contributed by atoms with Crippen LogP contribution in [0.5, 0.6) is 5.75 Å². The highest BCUT2D eigenvalue weighted by Crippen LogP contribution is 2.19. The molecular weight excluding hydrogens is 205 g/mol. The molecule has 0 aliphatic carbocycles. The van der Waals surface area contributed by atoms with Gasteiger partial charge >= 0.3 is 0 Å². The monoisotopic (exact) mass is 225 g/mol. The van der Waals surface area contributed by atoms with Crippen LogP contribution in [-0.4, -0.2) is 6.61 Å². The van der Waals surface area contributed by atoms with Crippen LogP contribution in [0.4, 0.5) is 4.39 Å². The summed E-state index contributed by atoms with van der Waals surface area (Å²) in [5.74, 6) is 0.449. The molecule has 0 fully saturated rings. The van der Waals surface area contributed by atoms with Crippen LogP contribution in [0.2, 0.25) is 0 Å². The average Bonchev–Trinajstić information content (AvgIpc) is 2.27. The summed E-state index contributed by atoms with van der Waals surface area (Å²) in [5.41, 5.74) is 6.21. The summed E-state index contributed by atoms with van der Waals surface area (Å²) < 4.78 is 18.9. The second kappa shape index (κ2) is 6.48. The van der Waals surface area contributed by atoms with E-state index in [1.165, 1.54) is 6.07 Å². The minimum absolute atomic E-state index is 0.320. The van der Waals surface area contributed by atoms with Crippen molar-refractivity contribution in [2.75, 3.05) is 6.61 Å². The minimum Gasteiger partial charge on any atom is -0.490 e. The van der Waals surface area contributed by atoms with Crippen LogP contribution in [0.15, 0.2) is 18.2 Å². The fraction of sp³-hybridized carbons (Fsp3) is 0.538. The Morgan fingerprint density at radius 1 is 1.44 bits per heavy atom. The van der Waals surface area contributed by atoms with Crippen molar-refractivity contribution in [2.24, 2.45) is 11.7 Å². The topological polar surface area (TPSA) is 35.2 Å². The number of halogens is 1. The lowest BCUT2D eigenvalue weighted by atomic mass is 10.1. The third-order valence-electron chi connectivity index (χ3n) is 2.54. The summed E-state index contributed by atoms with van der Waals surface area (Å²) in [7, 11) is 0. The first kappa shape index (κ1) is 13.0. The normalized spacial score (nSPS) is 12.5. The van der Waals surface area contributed by atoms with Gasteiger partial charge in [0.25, 0.3) is 0 Å². The number of benzene rings is 1.